The number of amides is 1. The summed E-state index contributed by atoms with van der Waals surface area (Å²) in [6.45, 7) is 1.47. The number of carbonyl (C=O) groups excluding carboxylic acids is 1. The molecule has 0 spiro atoms. The van der Waals surface area contributed by atoms with Gasteiger partial charge in [-0.05, 0) is 54.9 Å². The molecule has 17 heavy (non-hydrogen) atoms. The van der Waals surface area contributed by atoms with Gasteiger partial charge < -0.3 is 15.0 Å². The molecule has 1 amide bonds. The fourth-order valence-corrected chi connectivity index (χ4v) is 1.85. The maximum atomic E-state index is 11.8. The zero-order valence-corrected chi connectivity index (χ0v) is 12.4. The third kappa shape index (κ3) is 4.51. The van der Waals surface area contributed by atoms with Crippen molar-refractivity contribution in [1.29, 1.82) is 0 Å². The first-order valence-corrected chi connectivity index (χ1v) is 6.39. The van der Waals surface area contributed by atoms with E-state index in [0.29, 0.717) is 12.1 Å². The molecule has 0 aliphatic rings. The van der Waals surface area contributed by atoms with Crippen LogP contribution in [0.1, 0.15) is 10.4 Å². The first-order valence-electron chi connectivity index (χ1n) is 5.31. The number of methoxy groups -OCH3 is 1. The van der Waals surface area contributed by atoms with Crippen LogP contribution in [0.15, 0.2) is 18.2 Å². The van der Waals surface area contributed by atoms with Crippen LogP contribution in [0, 0.1) is 3.57 Å². The summed E-state index contributed by atoms with van der Waals surface area (Å²) < 4.78 is 6.18. The van der Waals surface area contributed by atoms with Crippen molar-refractivity contribution in [2.75, 3.05) is 34.3 Å². The molecule has 94 valence electrons. The van der Waals surface area contributed by atoms with Gasteiger partial charge in [-0.2, -0.15) is 0 Å². The lowest BCUT2D eigenvalue weighted by Gasteiger charge is -2.11. The number of hydrogen-bond donors (Lipinski definition) is 1. The standard InChI is InChI=1S/C12H17IN2O2/c1-15(2)7-6-14-12(16)9-4-5-10(13)11(8-9)17-3/h4-5,8H,6-7H2,1-3H3,(H,14,16). The summed E-state index contributed by atoms with van der Waals surface area (Å²) in [7, 11) is 5.55. The number of hydrogen-bond acceptors (Lipinski definition) is 3. The number of nitrogens with zero attached hydrogens (tertiary/aromatic N) is 1. The first-order chi connectivity index (χ1) is 8.04. The Morgan fingerprint density at radius 3 is 2.76 bits per heavy atom. The van der Waals surface area contributed by atoms with E-state index in [1.54, 1.807) is 19.2 Å². The fraction of sp³-hybridized carbons (Fsp3) is 0.417. The Labute approximate surface area is 115 Å². The molecule has 1 aromatic rings. The van der Waals surface area contributed by atoms with E-state index >= 15 is 0 Å². The Hall–Kier alpha value is -0.820. The molecule has 0 unspecified atom stereocenters. The molecule has 0 saturated carbocycles. The fourth-order valence-electron chi connectivity index (χ4n) is 1.30. The Morgan fingerprint density at radius 2 is 2.18 bits per heavy atom. The molecule has 0 bridgehead atoms. The molecule has 1 N–H and O–H groups in total. The van der Waals surface area contributed by atoms with E-state index in [1.807, 2.05) is 25.1 Å². The van der Waals surface area contributed by atoms with Crippen LogP contribution in [0.25, 0.3) is 0 Å². The van der Waals surface area contributed by atoms with Gasteiger partial charge in [0.15, 0.2) is 0 Å². The van der Waals surface area contributed by atoms with Crippen molar-refractivity contribution in [3.05, 3.63) is 27.3 Å². The number of nitrogens with one attached hydrogen (secondary N) is 1. The predicted octanol–water partition coefficient (Wildman–Crippen LogP) is 1.59. The number of likely N-dealkylation sites (N-methyl/N-ethyl adjacent to an activating group) is 1. The third-order valence-corrected chi connectivity index (χ3v) is 3.15. The van der Waals surface area contributed by atoms with Gasteiger partial charge in [-0.25, -0.2) is 0 Å². The summed E-state index contributed by atoms with van der Waals surface area (Å²) in [5, 5.41) is 2.86. The van der Waals surface area contributed by atoms with E-state index in [-0.39, 0.29) is 5.91 Å². The maximum absolute atomic E-state index is 11.8. The summed E-state index contributed by atoms with van der Waals surface area (Å²) in [5.74, 6) is 0.660. The van der Waals surface area contributed by atoms with E-state index in [0.717, 1.165) is 15.9 Å². The van der Waals surface area contributed by atoms with Crippen LogP contribution >= 0.6 is 22.6 Å². The summed E-state index contributed by atoms with van der Waals surface area (Å²) in [4.78, 5) is 13.8. The lowest BCUT2D eigenvalue weighted by atomic mass is 10.2. The first kappa shape index (κ1) is 14.2. The van der Waals surface area contributed by atoms with Gasteiger partial charge in [0.2, 0.25) is 0 Å². The molecule has 1 rings (SSSR count). The van der Waals surface area contributed by atoms with Gasteiger partial charge >= 0.3 is 0 Å². The number of carbonyl (C=O) groups is 1. The second-order valence-corrected chi connectivity index (χ2v) is 5.07. The van der Waals surface area contributed by atoms with E-state index in [9.17, 15) is 4.79 Å². The van der Waals surface area contributed by atoms with Crippen molar-refractivity contribution in [2.45, 2.75) is 0 Å². The zero-order valence-electron chi connectivity index (χ0n) is 10.3. The SMILES string of the molecule is COc1cc(C(=O)NCCN(C)C)ccc1I. The predicted molar refractivity (Wildman–Crippen MR) is 76.6 cm³/mol. The van der Waals surface area contributed by atoms with Gasteiger partial charge in [0.25, 0.3) is 5.91 Å². The maximum Gasteiger partial charge on any atom is 0.251 e. The number of rotatable bonds is 5. The van der Waals surface area contributed by atoms with Crippen molar-refractivity contribution < 1.29 is 9.53 Å². The van der Waals surface area contributed by atoms with Crippen LogP contribution in [-0.4, -0.2) is 45.1 Å². The van der Waals surface area contributed by atoms with Crippen molar-refractivity contribution >= 4 is 28.5 Å². The van der Waals surface area contributed by atoms with Crippen LogP contribution < -0.4 is 10.1 Å². The van der Waals surface area contributed by atoms with E-state index < -0.39 is 0 Å². The van der Waals surface area contributed by atoms with E-state index in [2.05, 4.69) is 27.9 Å². The minimum absolute atomic E-state index is 0.0680. The third-order valence-electron chi connectivity index (χ3n) is 2.26. The quantitative estimate of drug-likeness (QED) is 0.822. The van der Waals surface area contributed by atoms with Crippen LogP contribution in [0.5, 0.6) is 5.75 Å². The lowest BCUT2D eigenvalue weighted by molar-refractivity contribution is 0.0950. The Kier molecular flexibility index (Phi) is 5.70. The summed E-state index contributed by atoms with van der Waals surface area (Å²) in [5.41, 5.74) is 0.626. The Balaban J connectivity index is 2.63. The molecule has 0 aromatic heterocycles. The van der Waals surface area contributed by atoms with Gasteiger partial charge in [-0.15, -0.1) is 0 Å². The zero-order chi connectivity index (χ0) is 12.8. The molecule has 0 aliphatic heterocycles. The molecule has 5 heteroatoms. The Bertz CT molecular complexity index is 394. The van der Waals surface area contributed by atoms with Gasteiger partial charge in [0, 0.05) is 18.7 Å². The van der Waals surface area contributed by atoms with Crippen molar-refractivity contribution in [3.8, 4) is 5.75 Å². The lowest BCUT2D eigenvalue weighted by Crippen LogP contribution is -2.31. The summed E-state index contributed by atoms with van der Waals surface area (Å²) >= 11 is 2.17. The van der Waals surface area contributed by atoms with Crippen molar-refractivity contribution in [2.24, 2.45) is 0 Å². The molecule has 1 aromatic carbocycles. The monoisotopic (exact) mass is 348 g/mol. The molecular weight excluding hydrogens is 331 g/mol. The highest BCUT2D eigenvalue weighted by molar-refractivity contribution is 14.1. The molecule has 0 aliphatic carbocycles. The molecule has 0 atom stereocenters. The van der Waals surface area contributed by atoms with Crippen LogP contribution in [0.2, 0.25) is 0 Å². The summed E-state index contributed by atoms with van der Waals surface area (Å²) in [6.07, 6.45) is 0. The number of benzene rings is 1. The molecule has 0 radical (unpaired) electrons. The smallest absolute Gasteiger partial charge is 0.251 e. The average Bonchev–Trinajstić information content (AvgIpc) is 2.29. The minimum Gasteiger partial charge on any atom is -0.496 e. The topological polar surface area (TPSA) is 41.6 Å². The average molecular weight is 348 g/mol. The number of ether oxygens (including phenoxy) is 1. The van der Waals surface area contributed by atoms with Gasteiger partial charge in [-0.1, -0.05) is 0 Å². The molecule has 4 nitrogen and oxygen atoms in total. The van der Waals surface area contributed by atoms with Crippen LogP contribution in [0.4, 0.5) is 0 Å². The molecule has 0 fully saturated rings. The van der Waals surface area contributed by atoms with Gasteiger partial charge in [0.1, 0.15) is 5.75 Å². The highest BCUT2D eigenvalue weighted by Crippen LogP contribution is 2.21. The second-order valence-electron chi connectivity index (χ2n) is 3.91. The van der Waals surface area contributed by atoms with Gasteiger partial charge in [0.05, 0.1) is 10.7 Å². The normalized spacial score (nSPS) is 10.4. The van der Waals surface area contributed by atoms with Crippen LogP contribution in [-0.2, 0) is 0 Å². The van der Waals surface area contributed by atoms with Crippen molar-refractivity contribution in [1.82, 2.24) is 10.2 Å². The molecular formula is C12H17IN2O2. The van der Waals surface area contributed by atoms with Gasteiger partial charge in [-0.3, -0.25) is 4.79 Å². The molecule has 0 saturated heterocycles. The second kappa shape index (κ2) is 6.80. The summed E-state index contributed by atoms with van der Waals surface area (Å²) in [6, 6.07) is 5.43. The highest BCUT2D eigenvalue weighted by atomic mass is 127. The minimum atomic E-state index is -0.0680. The number of halogens is 1. The van der Waals surface area contributed by atoms with E-state index in [1.165, 1.54) is 0 Å². The van der Waals surface area contributed by atoms with Crippen LogP contribution in [0.3, 0.4) is 0 Å². The van der Waals surface area contributed by atoms with Crippen molar-refractivity contribution in [3.63, 3.8) is 0 Å². The molecule has 0 heterocycles. The highest BCUT2D eigenvalue weighted by Gasteiger charge is 2.08. The van der Waals surface area contributed by atoms with E-state index in [4.69, 9.17) is 4.74 Å². The Morgan fingerprint density at radius 1 is 1.47 bits per heavy atom. The largest absolute Gasteiger partial charge is 0.496 e.